The van der Waals surface area contributed by atoms with E-state index >= 15 is 0 Å². The summed E-state index contributed by atoms with van der Waals surface area (Å²) in [5.74, 6) is -0.138. The number of amides is 1. The van der Waals surface area contributed by atoms with Crippen LogP contribution in [-0.2, 0) is 11.3 Å². The Hall–Kier alpha value is -2.10. The van der Waals surface area contributed by atoms with Crippen molar-refractivity contribution < 1.29 is 9.59 Å². The number of nitrogens with zero attached hydrogens (tertiary/aromatic N) is 1. The smallest absolute Gasteiger partial charge is 0.253 e. The average Bonchev–Trinajstić information content (AvgIpc) is 2.68. The van der Waals surface area contributed by atoms with Gasteiger partial charge in [0.15, 0.2) is 0 Å². The first kappa shape index (κ1) is 10.4. The molecular formula is C12H12N2O2. The normalized spacial score (nSPS) is 10.3. The third-order valence-electron chi connectivity index (χ3n) is 2.53. The molecule has 1 aromatic carbocycles. The van der Waals surface area contributed by atoms with E-state index in [0.29, 0.717) is 5.56 Å². The van der Waals surface area contributed by atoms with Crippen LogP contribution in [0.4, 0.5) is 0 Å². The number of nitrogens with one attached hydrogen (secondary N) is 1. The second-order valence-electron chi connectivity index (χ2n) is 3.46. The van der Waals surface area contributed by atoms with Crippen LogP contribution in [0.1, 0.15) is 10.4 Å². The molecular weight excluding hydrogens is 204 g/mol. The molecule has 1 amide bonds. The Bertz CT molecular complexity index is 543. The van der Waals surface area contributed by atoms with E-state index in [1.807, 2.05) is 24.3 Å². The molecule has 0 saturated heterocycles. The fraction of sp³-hybridized carbons (Fsp3) is 0.167. The Balaban J connectivity index is 2.66. The molecule has 0 radical (unpaired) electrons. The van der Waals surface area contributed by atoms with Crippen molar-refractivity contribution >= 4 is 23.1 Å². The van der Waals surface area contributed by atoms with Gasteiger partial charge in [0, 0.05) is 24.1 Å². The van der Waals surface area contributed by atoms with E-state index < -0.39 is 0 Å². The summed E-state index contributed by atoms with van der Waals surface area (Å²) in [6, 6.07) is 7.53. The lowest BCUT2D eigenvalue weighted by molar-refractivity contribution is -0.108. The lowest BCUT2D eigenvalue weighted by atomic mass is 10.2. The maximum atomic E-state index is 11.6. The molecule has 1 aromatic heterocycles. The number of benzene rings is 1. The molecule has 0 fully saturated rings. The molecule has 0 unspecified atom stereocenters. The lowest BCUT2D eigenvalue weighted by Gasteiger charge is -1.97. The Labute approximate surface area is 92.9 Å². The standard InChI is InChI=1S/C12H12N2O2/c1-13-12(16)10-8-14(6-7-15)11-5-3-2-4-9(10)11/h2-5,7-8H,6H2,1H3,(H,13,16). The molecule has 82 valence electrons. The monoisotopic (exact) mass is 216 g/mol. The van der Waals surface area contributed by atoms with E-state index in [0.717, 1.165) is 17.2 Å². The van der Waals surface area contributed by atoms with Gasteiger partial charge in [-0.05, 0) is 6.07 Å². The van der Waals surface area contributed by atoms with E-state index in [1.165, 1.54) is 0 Å². The van der Waals surface area contributed by atoms with Crippen molar-refractivity contribution in [2.75, 3.05) is 7.05 Å². The molecule has 2 aromatic rings. The molecule has 0 aliphatic heterocycles. The zero-order chi connectivity index (χ0) is 11.5. The lowest BCUT2D eigenvalue weighted by Crippen LogP contribution is -2.17. The Morgan fingerprint density at radius 3 is 2.88 bits per heavy atom. The molecule has 0 aliphatic rings. The molecule has 0 saturated carbocycles. The first-order valence-corrected chi connectivity index (χ1v) is 5.01. The topological polar surface area (TPSA) is 51.1 Å². The molecule has 1 heterocycles. The van der Waals surface area contributed by atoms with Crippen molar-refractivity contribution in [3.8, 4) is 0 Å². The van der Waals surface area contributed by atoms with Crippen molar-refractivity contribution in [3.05, 3.63) is 36.0 Å². The Kier molecular flexibility index (Phi) is 2.72. The van der Waals surface area contributed by atoms with Crippen LogP contribution in [0, 0.1) is 0 Å². The molecule has 1 N–H and O–H groups in total. The van der Waals surface area contributed by atoms with E-state index in [9.17, 15) is 9.59 Å². The molecule has 2 rings (SSSR count). The first-order chi connectivity index (χ1) is 7.77. The number of aldehydes is 1. The van der Waals surface area contributed by atoms with Gasteiger partial charge in [0.1, 0.15) is 6.29 Å². The summed E-state index contributed by atoms with van der Waals surface area (Å²) in [4.78, 5) is 22.2. The summed E-state index contributed by atoms with van der Waals surface area (Å²) >= 11 is 0. The van der Waals surface area contributed by atoms with Crippen LogP contribution in [0.3, 0.4) is 0 Å². The second kappa shape index (κ2) is 4.18. The molecule has 0 spiro atoms. The second-order valence-corrected chi connectivity index (χ2v) is 3.46. The van der Waals surface area contributed by atoms with Crippen molar-refractivity contribution in [3.63, 3.8) is 0 Å². The van der Waals surface area contributed by atoms with Crippen molar-refractivity contribution in [2.24, 2.45) is 0 Å². The number of rotatable bonds is 3. The van der Waals surface area contributed by atoms with Gasteiger partial charge in [-0.25, -0.2) is 0 Å². The Morgan fingerprint density at radius 2 is 2.19 bits per heavy atom. The van der Waals surface area contributed by atoms with E-state index in [-0.39, 0.29) is 12.5 Å². The van der Waals surface area contributed by atoms with Crippen molar-refractivity contribution in [2.45, 2.75) is 6.54 Å². The highest BCUT2D eigenvalue weighted by atomic mass is 16.1. The summed E-state index contributed by atoms with van der Waals surface area (Å²) < 4.78 is 1.77. The summed E-state index contributed by atoms with van der Waals surface area (Å²) in [5.41, 5.74) is 1.49. The maximum absolute atomic E-state index is 11.6. The highest BCUT2D eigenvalue weighted by Crippen LogP contribution is 2.20. The fourth-order valence-electron chi connectivity index (χ4n) is 1.79. The average molecular weight is 216 g/mol. The summed E-state index contributed by atoms with van der Waals surface area (Å²) in [5, 5.41) is 3.45. The van der Waals surface area contributed by atoms with Crippen molar-refractivity contribution in [1.82, 2.24) is 9.88 Å². The van der Waals surface area contributed by atoms with Gasteiger partial charge < -0.3 is 14.7 Å². The van der Waals surface area contributed by atoms with Gasteiger partial charge in [0.2, 0.25) is 0 Å². The summed E-state index contributed by atoms with van der Waals surface area (Å²) in [6.07, 6.45) is 2.53. The number of aromatic nitrogens is 1. The molecule has 0 bridgehead atoms. The molecule has 16 heavy (non-hydrogen) atoms. The predicted octanol–water partition coefficient (Wildman–Crippen LogP) is 1.20. The number of hydrogen-bond acceptors (Lipinski definition) is 2. The minimum Gasteiger partial charge on any atom is -0.355 e. The van der Waals surface area contributed by atoms with Crippen LogP contribution in [0.25, 0.3) is 10.9 Å². The molecule has 4 nitrogen and oxygen atoms in total. The zero-order valence-corrected chi connectivity index (χ0v) is 8.93. The van der Waals surface area contributed by atoms with Crippen LogP contribution < -0.4 is 5.32 Å². The quantitative estimate of drug-likeness (QED) is 0.784. The van der Waals surface area contributed by atoms with Gasteiger partial charge in [0.25, 0.3) is 5.91 Å². The minimum atomic E-state index is -0.138. The number of hydrogen-bond donors (Lipinski definition) is 1. The van der Waals surface area contributed by atoms with E-state index in [2.05, 4.69) is 5.32 Å². The van der Waals surface area contributed by atoms with Crippen molar-refractivity contribution in [1.29, 1.82) is 0 Å². The van der Waals surface area contributed by atoms with E-state index in [1.54, 1.807) is 17.8 Å². The maximum Gasteiger partial charge on any atom is 0.253 e. The van der Waals surface area contributed by atoms with Gasteiger partial charge in [0.05, 0.1) is 12.1 Å². The van der Waals surface area contributed by atoms with Gasteiger partial charge >= 0.3 is 0 Å². The molecule has 0 aliphatic carbocycles. The van der Waals surface area contributed by atoms with Gasteiger partial charge in [-0.2, -0.15) is 0 Å². The van der Waals surface area contributed by atoms with Gasteiger partial charge in [-0.15, -0.1) is 0 Å². The minimum absolute atomic E-state index is 0.138. The molecule has 0 atom stereocenters. The highest BCUT2D eigenvalue weighted by molar-refractivity contribution is 6.07. The third kappa shape index (κ3) is 1.58. The largest absolute Gasteiger partial charge is 0.355 e. The summed E-state index contributed by atoms with van der Waals surface area (Å²) in [6.45, 7) is 0.261. The number of carbonyl (C=O) groups excluding carboxylic acids is 2. The summed E-state index contributed by atoms with van der Waals surface area (Å²) in [7, 11) is 1.59. The fourth-order valence-corrected chi connectivity index (χ4v) is 1.79. The van der Waals surface area contributed by atoms with Crippen LogP contribution in [0.5, 0.6) is 0 Å². The van der Waals surface area contributed by atoms with Crippen LogP contribution >= 0.6 is 0 Å². The van der Waals surface area contributed by atoms with E-state index in [4.69, 9.17) is 0 Å². The SMILES string of the molecule is CNC(=O)c1cn(CC=O)c2ccccc12. The predicted molar refractivity (Wildman–Crippen MR) is 61.4 cm³/mol. The number of carbonyl (C=O) groups is 2. The van der Waals surface area contributed by atoms with Crippen LogP contribution in [0.2, 0.25) is 0 Å². The Morgan fingerprint density at radius 1 is 1.44 bits per heavy atom. The van der Waals surface area contributed by atoms with Gasteiger partial charge in [-0.1, -0.05) is 18.2 Å². The highest BCUT2D eigenvalue weighted by Gasteiger charge is 2.12. The number of fused-ring (bicyclic) bond motifs is 1. The van der Waals surface area contributed by atoms with Crippen LogP contribution in [-0.4, -0.2) is 23.8 Å². The first-order valence-electron chi connectivity index (χ1n) is 5.01. The molecule has 4 heteroatoms. The van der Waals surface area contributed by atoms with Gasteiger partial charge in [-0.3, -0.25) is 4.79 Å². The number of para-hydroxylation sites is 1. The third-order valence-corrected chi connectivity index (χ3v) is 2.53. The van der Waals surface area contributed by atoms with Crippen LogP contribution in [0.15, 0.2) is 30.5 Å². The zero-order valence-electron chi connectivity index (χ0n) is 8.93.